The Balaban J connectivity index is 1.39. The maximum Gasteiger partial charge on any atom is 0.244 e. The number of piperidine rings is 1. The van der Waals surface area contributed by atoms with Gasteiger partial charge in [-0.2, -0.15) is 4.31 Å². The molecule has 1 saturated heterocycles. The molecule has 5 rings (SSSR count). The fraction of sp³-hybridized carbons (Fsp3) is 0.333. The van der Waals surface area contributed by atoms with E-state index in [1.165, 1.54) is 15.6 Å². The second kappa shape index (κ2) is 8.10. The topological polar surface area (TPSA) is 97.8 Å². The average molecular weight is 460 g/mol. The highest BCUT2D eigenvalue weighted by molar-refractivity contribution is 7.89. The van der Waals surface area contributed by atoms with Crippen molar-refractivity contribution < 1.29 is 22.7 Å². The lowest BCUT2D eigenvalue weighted by Gasteiger charge is -2.33. The monoisotopic (exact) mass is 459 g/mol. The first-order valence-corrected chi connectivity index (χ1v) is 12.4. The summed E-state index contributed by atoms with van der Waals surface area (Å²) in [6, 6.07) is 11.1. The number of carbonyl (C=O) groups excluding carboxylic acids is 1. The summed E-state index contributed by atoms with van der Waals surface area (Å²) in [5.74, 6) is 0.928. The molecule has 1 aromatic heterocycles. The molecular formula is C21H21N3O5S2. The molecule has 3 aromatic rings. The van der Waals surface area contributed by atoms with Crippen LogP contribution < -0.4 is 14.8 Å². The number of fused-ring (bicyclic) bond motifs is 2. The molecule has 1 fully saturated rings. The largest absolute Gasteiger partial charge is 0.486 e. The van der Waals surface area contributed by atoms with Gasteiger partial charge in [-0.3, -0.25) is 4.79 Å². The van der Waals surface area contributed by atoms with Crippen molar-refractivity contribution in [2.75, 3.05) is 25.1 Å². The van der Waals surface area contributed by atoms with Crippen LogP contribution in [0, 0.1) is 0 Å². The highest BCUT2D eigenvalue weighted by Crippen LogP contribution is 2.38. The van der Waals surface area contributed by atoms with Crippen molar-refractivity contribution in [2.45, 2.75) is 30.2 Å². The zero-order valence-electron chi connectivity index (χ0n) is 16.6. The van der Waals surface area contributed by atoms with Crippen LogP contribution >= 0.6 is 11.3 Å². The van der Waals surface area contributed by atoms with Crippen LogP contribution in [0.3, 0.4) is 0 Å². The lowest BCUT2D eigenvalue weighted by molar-refractivity contribution is -0.120. The normalized spacial score (nSPS) is 19.3. The minimum atomic E-state index is -3.76. The van der Waals surface area contributed by atoms with E-state index in [9.17, 15) is 13.2 Å². The van der Waals surface area contributed by atoms with Gasteiger partial charge in [-0.05, 0) is 25.0 Å². The Kier molecular flexibility index (Phi) is 5.28. The Morgan fingerprint density at radius 2 is 1.84 bits per heavy atom. The van der Waals surface area contributed by atoms with Gasteiger partial charge >= 0.3 is 0 Å². The molecule has 0 bridgehead atoms. The van der Waals surface area contributed by atoms with E-state index in [0.717, 1.165) is 17.5 Å². The molecular weight excluding hydrogens is 438 g/mol. The molecule has 1 amide bonds. The molecule has 10 heteroatoms. The second-order valence-electron chi connectivity index (χ2n) is 7.41. The maximum absolute atomic E-state index is 13.1. The molecule has 2 aromatic carbocycles. The number of amides is 1. The molecule has 0 radical (unpaired) electrons. The quantitative estimate of drug-likeness (QED) is 0.643. The van der Waals surface area contributed by atoms with E-state index in [4.69, 9.17) is 9.47 Å². The van der Waals surface area contributed by atoms with Gasteiger partial charge in [0.15, 0.2) is 16.6 Å². The predicted octanol–water partition coefficient (Wildman–Crippen LogP) is 3.25. The molecule has 2 aliphatic heterocycles. The predicted molar refractivity (Wildman–Crippen MR) is 117 cm³/mol. The lowest BCUT2D eigenvalue weighted by atomic mass is 10.0. The van der Waals surface area contributed by atoms with Gasteiger partial charge in [-0.15, -0.1) is 0 Å². The standard InChI is InChI=1S/C21H21N3O5S2/c25-20(16-8-4-5-9-24(16)31(26,27)14-6-2-1-3-7-14)23-21-22-15-12-17-18(13-19(15)30-21)29-11-10-28-17/h1-3,6-7,12-13,16H,4-5,8-11H2,(H,22,23,25). The van der Waals surface area contributed by atoms with Crippen LogP contribution in [-0.4, -0.2) is 49.4 Å². The van der Waals surface area contributed by atoms with Crippen molar-refractivity contribution in [1.82, 2.24) is 9.29 Å². The van der Waals surface area contributed by atoms with Gasteiger partial charge < -0.3 is 14.8 Å². The fourth-order valence-corrected chi connectivity index (χ4v) is 6.45. The molecule has 31 heavy (non-hydrogen) atoms. The number of aromatic nitrogens is 1. The Bertz CT molecular complexity index is 1180. The SMILES string of the molecule is O=C(Nc1nc2cc3c(cc2s1)OCCO3)C1CCCCN1S(=O)(=O)c1ccccc1. The van der Waals surface area contributed by atoms with Crippen molar-refractivity contribution in [1.29, 1.82) is 0 Å². The molecule has 0 spiro atoms. The van der Waals surface area contributed by atoms with Gasteiger partial charge in [0.2, 0.25) is 15.9 Å². The number of hydrogen-bond donors (Lipinski definition) is 1. The van der Waals surface area contributed by atoms with E-state index >= 15 is 0 Å². The number of nitrogens with zero attached hydrogens (tertiary/aromatic N) is 2. The third kappa shape index (κ3) is 3.86. The third-order valence-electron chi connectivity index (χ3n) is 5.39. The molecule has 1 unspecified atom stereocenters. The summed E-state index contributed by atoms with van der Waals surface area (Å²) in [6.45, 7) is 1.30. The van der Waals surface area contributed by atoms with Crippen molar-refractivity contribution in [3.63, 3.8) is 0 Å². The van der Waals surface area contributed by atoms with Crippen LogP contribution in [-0.2, 0) is 14.8 Å². The van der Waals surface area contributed by atoms with E-state index < -0.39 is 16.1 Å². The summed E-state index contributed by atoms with van der Waals surface area (Å²) in [7, 11) is -3.76. The lowest BCUT2D eigenvalue weighted by Crippen LogP contribution is -2.49. The smallest absolute Gasteiger partial charge is 0.244 e. The Hall–Kier alpha value is -2.69. The zero-order chi connectivity index (χ0) is 21.4. The number of sulfonamides is 1. The minimum absolute atomic E-state index is 0.195. The minimum Gasteiger partial charge on any atom is -0.486 e. The highest BCUT2D eigenvalue weighted by Gasteiger charge is 2.37. The van der Waals surface area contributed by atoms with Gasteiger partial charge in [0.25, 0.3) is 0 Å². The number of ether oxygens (including phenoxy) is 2. The van der Waals surface area contributed by atoms with Crippen LogP contribution in [0.25, 0.3) is 10.2 Å². The average Bonchev–Trinajstić information content (AvgIpc) is 3.18. The summed E-state index contributed by atoms with van der Waals surface area (Å²) < 4.78 is 39.7. The van der Waals surface area contributed by atoms with E-state index in [1.54, 1.807) is 36.4 Å². The number of rotatable bonds is 4. The van der Waals surface area contributed by atoms with E-state index in [0.29, 0.717) is 48.3 Å². The van der Waals surface area contributed by atoms with E-state index in [1.807, 2.05) is 6.07 Å². The van der Waals surface area contributed by atoms with E-state index in [2.05, 4.69) is 10.3 Å². The van der Waals surface area contributed by atoms with E-state index in [-0.39, 0.29) is 10.8 Å². The summed E-state index contributed by atoms with van der Waals surface area (Å²) in [4.78, 5) is 17.8. The summed E-state index contributed by atoms with van der Waals surface area (Å²) >= 11 is 1.32. The number of benzene rings is 2. The molecule has 8 nitrogen and oxygen atoms in total. The summed E-state index contributed by atoms with van der Waals surface area (Å²) in [5, 5.41) is 3.25. The number of nitrogens with one attached hydrogen (secondary N) is 1. The number of thiazole rings is 1. The van der Waals surface area contributed by atoms with Gasteiger partial charge in [0.05, 0.1) is 15.1 Å². The third-order valence-corrected chi connectivity index (χ3v) is 8.24. The first-order valence-electron chi connectivity index (χ1n) is 10.1. The van der Waals surface area contributed by atoms with Crippen LogP contribution in [0.2, 0.25) is 0 Å². The van der Waals surface area contributed by atoms with Gasteiger partial charge in [-0.1, -0.05) is 36.0 Å². The van der Waals surface area contributed by atoms with Crippen molar-refractivity contribution in [3.05, 3.63) is 42.5 Å². The van der Waals surface area contributed by atoms with Gasteiger partial charge in [0, 0.05) is 18.7 Å². The van der Waals surface area contributed by atoms with Crippen LogP contribution in [0.5, 0.6) is 11.5 Å². The van der Waals surface area contributed by atoms with Crippen LogP contribution in [0.15, 0.2) is 47.4 Å². The molecule has 162 valence electrons. The zero-order valence-corrected chi connectivity index (χ0v) is 18.2. The highest BCUT2D eigenvalue weighted by atomic mass is 32.2. The molecule has 1 N–H and O–H groups in total. The van der Waals surface area contributed by atoms with Gasteiger partial charge in [0.1, 0.15) is 19.3 Å². The molecule has 0 aliphatic carbocycles. The molecule has 1 atom stereocenters. The van der Waals surface area contributed by atoms with Crippen molar-refractivity contribution in [2.24, 2.45) is 0 Å². The Labute approximate surface area is 183 Å². The maximum atomic E-state index is 13.1. The fourth-order valence-electron chi connectivity index (χ4n) is 3.89. The van der Waals surface area contributed by atoms with Crippen LogP contribution in [0.1, 0.15) is 19.3 Å². The number of carbonyl (C=O) groups is 1. The first kappa shape index (κ1) is 20.2. The van der Waals surface area contributed by atoms with Crippen molar-refractivity contribution in [3.8, 4) is 11.5 Å². The number of anilines is 1. The summed E-state index contributed by atoms with van der Waals surface area (Å²) in [6.07, 6.45) is 1.99. The van der Waals surface area contributed by atoms with Gasteiger partial charge in [-0.25, -0.2) is 13.4 Å². The Morgan fingerprint density at radius 3 is 2.61 bits per heavy atom. The molecule has 0 saturated carbocycles. The molecule has 2 aliphatic rings. The second-order valence-corrected chi connectivity index (χ2v) is 10.3. The van der Waals surface area contributed by atoms with Crippen molar-refractivity contribution >= 4 is 42.6 Å². The Morgan fingerprint density at radius 1 is 1.10 bits per heavy atom. The van der Waals surface area contributed by atoms with Crippen LogP contribution in [0.4, 0.5) is 5.13 Å². The number of hydrogen-bond acceptors (Lipinski definition) is 7. The first-order chi connectivity index (χ1) is 15.0. The summed E-state index contributed by atoms with van der Waals surface area (Å²) in [5.41, 5.74) is 0.696. The molecule has 3 heterocycles.